The van der Waals surface area contributed by atoms with Gasteiger partial charge in [0, 0.05) is 11.8 Å². The smallest absolute Gasteiger partial charge is 0.338 e. The highest BCUT2D eigenvalue weighted by Gasteiger charge is 2.08. The van der Waals surface area contributed by atoms with Crippen molar-refractivity contribution in [3.05, 3.63) is 53.5 Å². The fraction of sp³-hybridized carbons (Fsp3) is 0.0833. The molecule has 0 atom stereocenters. The molecular formula is C12H9F2NO3. The summed E-state index contributed by atoms with van der Waals surface area (Å²) in [5, 5.41) is 11.5. The second kappa shape index (κ2) is 4.87. The van der Waals surface area contributed by atoms with Crippen molar-refractivity contribution in [3.8, 4) is 0 Å². The molecule has 0 radical (unpaired) electrons. The highest BCUT2D eigenvalue weighted by molar-refractivity contribution is 5.87. The number of rotatable bonds is 4. The molecule has 0 fully saturated rings. The number of carboxylic acids is 1. The van der Waals surface area contributed by atoms with Gasteiger partial charge in [0.15, 0.2) is 11.6 Å². The van der Waals surface area contributed by atoms with E-state index in [0.29, 0.717) is 11.4 Å². The second-order valence-electron chi connectivity index (χ2n) is 3.59. The van der Waals surface area contributed by atoms with Crippen molar-refractivity contribution < 1.29 is 23.1 Å². The monoisotopic (exact) mass is 253 g/mol. The minimum atomic E-state index is -1.09. The molecule has 2 rings (SSSR count). The number of nitrogens with one attached hydrogen (secondary N) is 1. The van der Waals surface area contributed by atoms with Gasteiger partial charge in [-0.25, -0.2) is 13.6 Å². The lowest BCUT2D eigenvalue weighted by Gasteiger charge is -2.04. The van der Waals surface area contributed by atoms with Crippen molar-refractivity contribution >= 4 is 11.7 Å². The molecule has 2 N–H and O–H groups in total. The zero-order chi connectivity index (χ0) is 13.1. The van der Waals surface area contributed by atoms with E-state index in [9.17, 15) is 13.6 Å². The van der Waals surface area contributed by atoms with E-state index in [4.69, 9.17) is 9.52 Å². The molecule has 94 valence electrons. The maximum Gasteiger partial charge on any atom is 0.338 e. The number of benzene rings is 1. The predicted molar refractivity (Wildman–Crippen MR) is 59.4 cm³/mol. The van der Waals surface area contributed by atoms with E-state index in [-0.39, 0.29) is 12.1 Å². The number of furan rings is 1. The van der Waals surface area contributed by atoms with Crippen LogP contribution in [0.3, 0.4) is 0 Å². The molecule has 0 aliphatic heterocycles. The zero-order valence-electron chi connectivity index (χ0n) is 9.11. The van der Waals surface area contributed by atoms with Crippen LogP contribution in [0.5, 0.6) is 0 Å². The third-order valence-corrected chi connectivity index (χ3v) is 2.29. The van der Waals surface area contributed by atoms with Crippen LogP contribution in [0.25, 0.3) is 0 Å². The summed E-state index contributed by atoms with van der Waals surface area (Å²) < 4.78 is 30.6. The van der Waals surface area contributed by atoms with Gasteiger partial charge in [-0.1, -0.05) is 0 Å². The molecule has 0 aliphatic carbocycles. The van der Waals surface area contributed by atoms with Crippen molar-refractivity contribution in [2.45, 2.75) is 6.54 Å². The van der Waals surface area contributed by atoms with Crippen LogP contribution in [-0.4, -0.2) is 11.1 Å². The van der Waals surface area contributed by atoms with Crippen molar-refractivity contribution in [1.29, 1.82) is 0 Å². The lowest BCUT2D eigenvalue weighted by Crippen LogP contribution is -1.99. The summed E-state index contributed by atoms with van der Waals surface area (Å²) in [7, 11) is 0. The summed E-state index contributed by atoms with van der Waals surface area (Å²) >= 11 is 0. The van der Waals surface area contributed by atoms with Gasteiger partial charge in [0.1, 0.15) is 12.0 Å². The molecule has 4 nitrogen and oxygen atoms in total. The van der Waals surface area contributed by atoms with Gasteiger partial charge in [-0.05, 0) is 18.2 Å². The SMILES string of the molecule is O=C(O)c1coc(CNc2ccc(F)c(F)c2)c1. The molecule has 0 unspecified atom stereocenters. The standard InChI is InChI=1S/C12H9F2NO3/c13-10-2-1-8(4-11(10)14)15-5-9-3-7(6-18-9)12(16)17/h1-4,6,15H,5H2,(H,16,17). The molecule has 0 spiro atoms. The van der Waals surface area contributed by atoms with Gasteiger partial charge in [0.25, 0.3) is 0 Å². The number of aromatic carboxylic acids is 1. The quantitative estimate of drug-likeness (QED) is 0.879. The molecule has 0 bridgehead atoms. The Labute approximate surface area is 101 Å². The Bertz CT molecular complexity index is 580. The third kappa shape index (κ3) is 2.65. The summed E-state index contributed by atoms with van der Waals surface area (Å²) in [6.07, 6.45) is 1.12. The van der Waals surface area contributed by atoms with Crippen LogP contribution >= 0.6 is 0 Å². The first-order valence-electron chi connectivity index (χ1n) is 5.06. The fourth-order valence-corrected chi connectivity index (χ4v) is 1.38. The molecule has 6 heteroatoms. The van der Waals surface area contributed by atoms with E-state index in [2.05, 4.69) is 5.32 Å². The highest BCUT2D eigenvalue weighted by atomic mass is 19.2. The molecule has 1 heterocycles. The van der Waals surface area contributed by atoms with E-state index >= 15 is 0 Å². The summed E-state index contributed by atoms with van der Waals surface area (Å²) in [6, 6.07) is 4.74. The Hall–Kier alpha value is -2.37. The Morgan fingerprint density at radius 2 is 2.06 bits per heavy atom. The Balaban J connectivity index is 2.02. The van der Waals surface area contributed by atoms with Crippen molar-refractivity contribution in [2.24, 2.45) is 0 Å². The number of carboxylic acid groups (broad SMARTS) is 1. The van der Waals surface area contributed by atoms with E-state index in [1.54, 1.807) is 0 Å². The summed E-state index contributed by atoms with van der Waals surface area (Å²) in [5.74, 6) is -2.58. The van der Waals surface area contributed by atoms with E-state index in [0.717, 1.165) is 18.4 Å². The molecule has 1 aromatic heterocycles. The second-order valence-corrected chi connectivity index (χ2v) is 3.59. The van der Waals surface area contributed by atoms with Crippen LogP contribution in [0.15, 0.2) is 34.9 Å². The normalized spacial score (nSPS) is 10.3. The number of halogens is 2. The summed E-state index contributed by atoms with van der Waals surface area (Å²) in [5.41, 5.74) is 0.416. The molecule has 2 aromatic rings. The molecule has 18 heavy (non-hydrogen) atoms. The topological polar surface area (TPSA) is 62.5 Å². The number of anilines is 1. The van der Waals surface area contributed by atoms with E-state index < -0.39 is 17.6 Å². The Morgan fingerprint density at radius 1 is 1.28 bits per heavy atom. The highest BCUT2D eigenvalue weighted by Crippen LogP contribution is 2.15. The van der Waals surface area contributed by atoms with Crippen LogP contribution < -0.4 is 5.32 Å². The number of hydrogen-bond donors (Lipinski definition) is 2. The van der Waals surface area contributed by atoms with Gasteiger partial charge in [0.2, 0.25) is 0 Å². The summed E-state index contributed by atoms with van der Waals surface area (Å²) in [6.45, 7) is 0.179. The lowest BCUT2D eigenvalue weighted by atomic mass is 10.3. The van der Waals surface area contributed by atoms with Crippen LogP contribution in [0.2, 0.25) is 0 Å². The largest absolute Gasteiger partial charge is 0.478 e. The van der Waals surface area contributed by atoms with Crippen LogP contribution in [0.4, 0.5) is 14.5 Å². The minimum Gasteiger partial charge on any atom is -0.478 e. The van der Waals surface area contributed by atoms with Gasteiger partial charge in [-0.2, -0.15) is 0 Å². The van der Waals surface area contributed by atoms with Gasteiger partial charge in [-0.15, -0.1) is 0 Å². The molecule has 0 amide bonds. The Kier molecular flexibility index (Phi) is 3.27. The average molecular weight is 253 g/mol. The van der Waals surface area contributed by atoms with Crippen molar-refractivity contribution in [3.63, 3.8) is 0 Å². The first kappa shape index (κ1) is 12.1. The van der Waals surface area contributed by atoms with Crippen molar-refractivity contribution in [2.75, 3.05) is 5.32 Å². The third-order valence-electron chi connectivity index (χ3n) is 2.29. The lowest BCUT2D eigenvalue weighted by molar-refractivity contribution is 0.0696. The Morgan fingerprint density at radius 3 is 2.67 bits per heavy atom. The number of hydrogen-bond acceptors (Lipinski definition) is 3. The van der Waals surface area contributed by atoms with Crippen LogP contribution in [0, 0.1) is 11.6 Å². The van der Waals surface area contributed by atoms with Gasteiger partial charge < -0.3 is 14.8 Å². The van der Waals surface area contributed by atoms with Gasteiger partial charge in [-0.3, -0.25) is 0 Å². The molecule has 1 aromatic carbocycles. The summed E-state index contributed by atoms with van der Waals surface area (Å²) in [4.78, 5) is 10.6. The molecule has 0 aliphatic rings. The zero-order valence-corrected chi connectivity index (χ0v) is 9.11. The molecular weight excluding hydrogens is 244 g/mol. The van der Waals surface area contributed by atoms with Crippen LogP contribution in [-0.2, 0) is 6.54 Å². The van der Waals surface area contributed by atoms with E-state index in [1.165, 1.54) is 12.1 Å². The van der Waals surface area contributed by atoms with Gasteiger partial charge in [0.05, 0.1) is 12.1 Å². The predicted octanol–water partition coefficient (Wildman–Crippen LogP) is 2.87. The first-order valence-corrected chi connectivity index (χ1v) is 5.06. The maximum atomic E-state index is 12.9. The fourth-order valence-electron chi connectivity index (χ4n) is 1.38. The minimum absolute atomic E-state index is 0.0390. The van der Waals surface area contributed by atoms with Crippen molar-refractivity contribution in [1.82, 2.24) is 0 Å². The first-order chi connectivity index (χ1) is 8.56. The average Bonchev–Trinajstić information content (AvgIpc) is 2.79. The van der Waals surface area contributed by atoms with Crippen LogP contribution in [0.1, 0.15) is 16.1 Å². The maximum absolute atomic E-state index is 12.9. The van der Waals surface area contributed by atoms with Gasteiger partial charge >= 0.3 is 5.97 Å². The van der Waals surface area contributed by atoms with E-state index in [1.807, 2.05) is 0 Å². The number of carbonyl (C=O) groups is 1. The molecule has 0 saturated carbocycles. The molecule has 0 saturated heterocycles.